The SMILES string of the molecule is CCCN(CCCl)C(=O)c1snnc1CC. The molecule has 16 heavy (non-hydrogen) atoms. The molecule has 4 nitrogen and oxygen atoms in total. The Morgan fingerprint density at radius 1 is 1.44 bits per heavy atom. The van der Waals surface area contributed by atoms with Crippen molar-refractivity contribution in [2.24, 2.45) is 0 Å². The molecule has 6 heteroatoms. The summed E-state index contributed by atoms with van der Waals surface area (Å²) in [6.45, 7) is 5.32. The van der Waals surface area contributed by atoms with Crippen molar-refractivity contribution in [1.29, 1.82) is 0 Å². The normalized spacial score (nSPS) is 10.4. The first-order valence-electron chi connectivity index (χ1n) is 5.41. The number of rotatable bonds is 6. The lowest BCUT2D eigenvalue weighted by molar-refractivity contribution is 0.0769. The minimum absolute atomic E-state index is 0.00866. The molecule has 1 aromatic rings. The van der Waals surface area contributed by atoms with Crippen LogP contribution in [0.15, 0.2) is 0 Å². The first kappa shape index (κ1) is 13.4. The first-order valence-corrected chi connectivity index (χ1v) is 6.71. The molecule has 1 heterocycles. The quantitative estimate of drug-likeness (QED) is 0.738. The Kier molecular flexibility index (Phi) is 5.69. The zero-order valence-corrected chi connectivity index (χ0v) is 11.1. The lowest BCUT2D eigenvalue weighted by Crippen LogP contribution is -2.33. The molecular formula is C10H16ClN3OS. The molecule has 0 unspecified atom stereocenters. The van der Waals surface area contributed by atoms with Gasteiger partial charge in [0.2, 0.25) is 0 Å². The van der Waals surface area contributed by atoms with Crippen LogP contribution in [-0.2, 0) is 6.42 Å². The number of amides is 1. The summed E-state index contributed by atoms with van der Waals surface area (Å²) >= 11 is 6.86. The summed E-state index contributed by atoms with van der Waals surface area (Å²) in [6, 6.07) is 0. The molecule has 0 saturated heterocycles. The van der Waals surface area contributed by atoms with E-state index >= 15 is 0 Å². The molecule has 90 valence electrons. The van der Waals surface area contributed by atoms with Crippen LogP contribution >= 0.6 is 23.1 Å². The van der Waals surface area contributed by atoms with Crippen molar-refractivity contribution in [2.75, 3.05) is 19.0 Å². The summed E-state index contributed by atoms with van der Waals surface area (Å²) in [7, 11) is 0. The third kappa shape index (κ3) is 3.15. The highest BCUT2D eigenvalue weighted by molar-refractivity contribution is 7.08. The second-order valence-electron chi connectivity index (χ2n) is 3.38. The van der Waals surface area contributed by atoms with E-state index < -0.39 is 0 Å². The predicted octanol–water partition coefficient (Wildman–Crippen LogP) is 2.19. The number of carbonyl (C=O) groups excluding carboxylic acids is 1. The molecule has 0 fully saturated rings. The number of halogens is 1. The predicted molar refractivity (Wildman–Crippen MR) is 66.2 cm³/mol. The summed E-state index contributed by atoms with van der Waals surface area (Å²) in [5, 5.41) is 3.95. The Morgan fingerprint density at radius 2 is 2.19 bits per heavy atom. The average molecular weight is 262 g/mol. The summed E-state index contributed by atoms with van der Waals surface area (Å²) in [4.78, 5) is 14.6. The van der Waals surface area contributed by atoms with Crippen LogP contribution in [0.1, 0.15) is 35.6 Å². The van der Waals surface area contributed by atoms with Crippen molar-refractivity contribution in [3.05, 3.63) is 10.6 Å². The topological polar surface area (TPSA) is 46.1 Å². The molecule has 0 aliphatic heterocycles. The number of alkyl halides is 1. The standard InChI is InChI=1S/C10H16ClN3OS/c1-3-6-14(7-5-11)10(15)9-8(4-2)12-13-16-9/h3-7H2,1-2H3. The molecule has 1 rings (SSSR count). The number of carbonyl (C=O) groups is 1. The maximum atomic E-state index is 12.2. The van der Waals surface area contributed by atoms with Crippen LogP contribution in [0.5, 0.6) is 0 Å². The van der Waals surface area contributed by atoms with Gasteiger partial charge in [0, 0.05) is 19.0 Å². The second kappa shape index (κ2) is 6.81. The monoisotopic (exact) mass is 261 g/mol. The number of nitrogens with zero attached hydrogens (tertiary/aromatic N) is 3. The highest BCUT2D eigenvalue weighted by Crippen LogP contribution is 2.14. The van der Waals surface area contributed by atoms with Crippen molar-refractivity contribution in [3.63, 3.8) is 0 Å². The van der Waals surface area contributed by atoms with Gasteiger partial charge in [0.1, 0.15) is 4.88 Å². The minimum Gasteiger partial charge on any atom is -0.337 e. The Bertz CT molecular complexity index is 337. The van der Waals surface area contributed by atoms with Crippen LogP contribution in [0.3, 0.4) is 0 Å². The largest absolute Gasteiger partial charge is 0.337 e. The lowest BCUT2D eigenvalue weighted by atomic mass is 10.2. The summed E-state index contributed by atoms with van der Waals surface area (Å²) < 4.78 is 3.83. The number of hydrogen-bond acceptors (Lipinski definition) is 4. The smallest absolute Gasteiger partial charge is 0.267 e. The number of hydrogen-bond donors (Lipinski definition) is 0. The van der Waals surface area contributed by atoms with Gasteiger partial charge in [-0.3, -0.25) is 4.79 Å². The summed E-state index contributed by atoms with van der Waals surface area (Å²) in [5.74, 6) is 0.466. The van der Waals surface area contributed by atoms with Crippen molar-refractivity contribution in [2.45, 2.75) is 26.7 Å². The zero-order chi connectivity index (χ0) is 12.0. The van der Waals surface area contributed by atoms with Crippen LogP contribution in [0, 0.1) is 0 Å². The van der Waals surface area contributed by atoms with Crippen LogP contribution in [0.2, 0.25) is 0 Å². The zero-order valence-electron chi connectivity index (χ0n) is 9.57. The Morgan fingerprint density at radius 3 is 2.75 bits per heavy atom. The lowest BCUT2D eigenvalue weighted by Gasteiger charge is -2.20. The fraction of sp³-hybridized carbons (Fsp3) is 0.700. The van der Waals surface area contributed by atoms with Gasteiger partial charge >= 0.3 is 0 Å². The van der Waals surface area contributed by atoms with Crippen molar-refractivity contribution in [1.82, 2.24) is 14.5 Å². The minimum atomic E-state index is 0.00866. The van der Waals surface area contributed by atoms with Crippen LogP contribution in [0.25, 0.3) is 0 Å². The van der Waals surface area contributed by atoms with Gasteiger partial charge < -0.3 is 4.90 Å². The highest BCUT2D eigenvalue weighted by Gasteiger charge is 2.20. The van der Waals surface area contributed by atoms with Crippen LogP contribution in [-0.4, -0.2) is 39.4 Å². The van der Waals surface area contributed by atoms with Gasteiger partial charge in [0.05, 0.1) is 5.69 Å². The van der Waals surface area contributed by atoms with Crippen molar-refractivity contribution in [3.8, 4) is 0 Å². The average Bonchev–Trinajstić information content (AvgIpc) is 2.75. The van der Waals surface area contributed by atoms with Gasteiger partial charge in [-0.05, 0) is 24.4 Å². The molecule has 0 aliphatic rings. The van der Waals surface area contributed by atoms with E-state index in [4.69, 9.17) is 11.6 Å². The van der Waals surface area contributed by atoms with Gasteiger partial charge in [-0.15, -0.1) is 16.7 Å². The number of aryl methyl sites for hydroxylation is 1. The van der Waals surface area contributed by atoms with Crippen LogP contribution in [0.4, 0.5) is 0 Å². The van der Waals surface area contributed by atoms with Gasteiger partial charge in [0.25, 0.3) is 5.91 Å². The Hall–Kier alpha value is -0.680. The highest BCUT2D eigenvalue weighted by atomic mass is 35.5. The van der Waals surface area contributed by atoms with E-state index in [2.05, 4.69) is 9.59 Å². The molecule has 0 aromatic carbocycles. The van der Waals surface area contributed by atoms with Gasteiger partial charge in [-0.2, -0.15) is 0 Å². The van der Waals surface area contributed by atoms with E-state index in [9.17, 15) is 4.79 Å². The van der Waals surface area contributed by atoms with E-state index in [1.54, 1.807) is 4.90 Å². The summed E-state index contributed by atoms with van der Waals surface area (Å²) in [5.41, 5.74) is 0.783. The van der Waals surface area contributed by atoms with Crippen LogP contribution < -0.4 is 0 Å². The molecule has 0 radical (unpaired) electrons. The third-order valence-corrected chi connectivity index (χ3v) is 3.15. The maximum Gasteiger partial charge on any atom is 0.267 e. The van der Waals surface area contributed by atoms with E-state index in [1.807, 2.05) is 13.8 Å². The van der Waals surface area contributed by atoms with E-state index in [-0.39, 0.29) is 5.91 Å². The molecule has 0 bridgehead atoms. The fourth-order valence-electron chi connectivity index (χ4n) is 1.43. The van der Waals surface area contributed by atoms with E-state index in [1.165, 1.54) is 11.5 Å². The van der Waals surface area contributed by atoms with Crippen molar-refractivity contribution >= 4 is 29.0 Å². The van der Waals surface area contributed by atoms with E-state index in [0.717, 1.165) is 25.1 Å². The Balaban J connectivity index is 2.81. The second-order valence-corrected chi connectivity index (χ2v) is 4.52. The molecule has 0 aliphatic carbocycles. The summed E-state index contributed by atoms with van der Waals surface area (Å²) in [6.07, 6.45) is 1.66. The molecule has 1 aromatic heterocycles. The molecular weight excluding hydrogens is 246 g/mol. The first-order chi connectivity index (χ1) is 7.74. The maximum absolute atomic E-state index is 12.2. The molecule has 1 amide bonds. The molecule has 0 spiro atoms. The number of aromatic nitrogens is 2. The molecule has 0 atom stereocenters. The molecule has 0 N–H and O–H groups in total. The van der Waals surface area contributed by atoms with E-state index in [0.29, 0.717) is 17.3 Å². The van der Waals surface area contributed by atoms with Gasteiger partial charge in [-0.1, -0.05) is 18.3 Å². The van der Waals surface area contributed by atoms with Gasteiger partial charge in [-0.25, -0.2) is 0 Å². The third-order valence-electron chi connectivity index (χ3n) is 2.22. The fourth-order valence-corrected chi connectivity index (χ4v) is 2.36. The van der Waals surface area contributed by atoms with Crippen molar-refractivity contribution < 1.29 is 4.79 Å². The molecule has 0 saturated carbocycles. The van der Waals surface area contributed by atoms with Gasteiger partial charge in [0.15, 0.2) is 0 Å². The Labute approximate surface area is 105 Å².